The lowest BCUT2D eigenvalue weighted by molar-refractivity contribution is 0.0952. The van der Waals surface area contributed by atoms with Crippen LogP contribution in [0.15, 0.2) is 30.5 Å². The fraction of sp³-hybridized carbons (Fsp3) is 0.353. The van der Waals surface area contributed by atoms with Crippen molar-refractivity contribution in [2.24, 2.45) is 7.05 Å². The van der Waals surface area contributed by atoms with Crippen molar-refractivity contribution in [1.82, 2.24) is 24.9 Å². The Balaban J connectivity index is 1.55. The highest BCUT2D eigenvalue weighted by Crippen LogP contribution is 2.16. The van der Waals surface area contributed by atoms with Gasteiger partial charge < -0.3 is 5.32 Å². The lowest BCUT2D eigenvalue weighted by atomic mass is 10.1. The van der Waals surface area contributed by atoms with Gasteiger partial charge in [-0.1, -0.05) is 17.7 Å². The molecule has 6 heteroatoms. The molecule has 0 saturated carbocycles. The maximum atomic E-state index is 12.0. The Bertz CT molecular complexity index is 829. The maximum absolute atomic E-state index is 12.0. The topological polar surface area (TPSA) is 64.7 Å². The molecule has 0 aliphatic heterocycles. The monoisotopic (exact) mass is 311 g/mol. The smallest absolute Gasteiger partial charge is 0.251 e. The Morgan fingerprint density at radius 1 is 1.22 bits per heavy atom. The second-order valence-corrected chi connectivity index (χ2v) is 5.79. The summed E-state index contributed by atoms with van der Waals surface area (Å²) in [7, 11) is 1.92. The Morgan fingerprint density at radius 3 is 2.70 bits per heavy atom. The van der Waals surface area contributed by atoms with Crippen LogP contribution >= 0.6 is 0 Å². The van der Waals surface area contributed by atoms with Crippen molar-refractivity contribution in [1.29, 1.82) is 0 Å². The minimum absolute atomic E-state index is 0.0341. The number of carbonyl (C=O) groups excluding carboxylic acids is 1. The van der Waals surface area contributed by atoms with E-state index in [1.807, 2.05) is 60.7 Å². The molecule has 0 radical (unpaired) electrons. The number of hydrogen-bond donors (Lipinski definition) is 1. The van der Waals surface area contributed by atoms with Crippen molar-refractivity contribution in [2.75, 3.05) is 6.54 Å². The largest absolute Gasteiger partial charge is 0.352 e. The first-order chi connectivity index (χ1) is 11.1. The van der Waals surface area contributed by atoms with Gasteiger partial charge in [0.2, 0.25) is 0 Å². The average Bonchev–Trinajstić information content (AvgIpc) is 3.07. The molecule has 3 aromatic rings. The number of aromatic nitrogens is 4. The van der Waals surface area contributed by atoms with E-state index in [-0.39, 0.29) is 5.91 Å². The lowest BCUT2D eigenvalue weighted by Crippen LogP contribution is -2.25. The van der Waals surface area contributed by atoms with E-state index < -0.39 is 0 Å². The van der Waals surface area contributed by atoms with Crippen LogP contribution in [-0.2, 0) is 13.6 Å². The molecular weight excluding hydrogens is 290 g/mol. The van der Waals surface area contributed by atoms with Gasteiger partial charge in [-0.2, -0.15) is 10.2 Å². The van der Waals surface area contributed by atoms with Gasteiger partial charge in [0.05, 0.1) is 11.9 Å². The molecule has 120 valence electrons. The SMILES string of the molecule is Cc1ccc(C(=O)NCCCn2ncc3c2c(C)nn3C)cc1. The van der Waals surface area contributed by atoms with Gasteiger partial charge >= 0.3 is 0 Å². The fourth-order valence-electron chi connectivity index (χ4n) is 2.72. The van der Waals surface area contributed by atoms with Gasteiger partial charge in [0.1, 0.15) is 11.0 Å². The first-order valence-electron chi connectivity index (χ1n) is 7.76. The van der Waals surface area contributed by atoms with Crippen molar-refractivity contribution in [3.05, 3.63) is 47.3 Å². The molecule has 0 unspecified atom stereocenters. The van der Waals surface area contributed by atoms with E-state index in [2.05, 4.69) is 15.5 Å². The summed E-state index contributed by atoms with van der Waals surface area (Å²) in [4.78, 5) is 12.0. The zero-order valence-electron chi connectivity index (χ0n) is 13.7. The molecule has 0 saturated heterocycles. The van der Waals surface area contributed by atoms with Crippen molar-refractivity contribution >= 4 is 16.9 Å². The summed E-state index contributed by atoms with van der Waals surface area (Å²) >= 11 is 0. The summed E-state index contributed by atoms with van der Waals surface area (Å²) < 4.78 is 3.79. The summed E-state index contributed by atoms with van der Waals surface area (Å²) in [6.45, 7) is 5.37. The van der Waals surface area contributed by atoms with E-state index in [1.54, 1.807) is 0 Å². The van der Waals surface area contributed by atoms with Crippen LogP contribution in [0.3, 0.4) is 0 Å². The molecule has 0 fully saturated rings. The van der Waals surface area contributed by atoms with E-state index in [0.29, 0.717) is 12.1 Å². The van der Waals surface area contributed by atoms with Gasteiger partial charge in [-0.25, -0.2) is 0 Å². The molecule has 2 heterocycles. The van der Waals surface area contributed by atoms with Crippen LogP contribution in [-0.4, -0.2) is 32.0 Å². The molecule has 1 aromatic carbocycles. The van der Waals surface area contributed by atoms with E-state index in [9.17, 15) is 4.79 Å². The molecule has 23 heavy (non-hydrogen) atoms. The van der Waals surface area contributed by atoms with Gasteiger partial charge in [0.25, 0.3) is 5.91 Å². The van der Waals surface area contributed by atoms with Crippen LogP contribution in [0.2, 0.25) is 0 Å². The third kappa shape index (κ3) is 3.11. The van der Waals surface area contributed by atoms with Crippen LogP contribution in [0.1, 0.15) is 28.0 Å². The first kappa shape index (κ1) is 15.3. The number of carbonyl (C=O) groups is 1. The number of nitrogens with zero attached hydrogens (tertiary/aromatic N) is 4. The van der Waals surface area contributed by atoms with Gasteiger partial charge in [-0.3, -0.25) is 14.2 Å². The Kier molecular flexibility index (Phi) is 4.14. The van der Waals surface area contributed by atoms with Gasteiger partial charge in [-0.15, -0.1) is 0 Å². The lowest BCUT2D eigenvalue weighted by Gasteiger charge is -2.06. The standard InChI is InChI=1S/C17H21N5O/c1-12-5-7-14(8-6-12)17(23)18-9-4-10-22-16-13(2)20-21(3)15(16)11-19-22/h5-8,11H,4,9-10H2,1-3H3,(H,18,23). The van der Waals surface area contributed by atoms with Crippen molar-refractivity contribution in [3.8, 4) is 0 Å². The quantitative estimate of drug-likeness (QED) is 0.735. The predicted octanol–water partition coefficient (Wildman–Crippen LogP) is 2.21. The Hall–Kier alpha value is -2.63. The van der Waals surface area contributed by atoms with Crippen molar-refractivity contribution in [2.45, 2.75) is 26.8 Å². The zero-order valence-corrected chi connectivity index (χ0v) is 13.7. The highest BCUT2D eigenvalue weighted by atomic mass is 16.1. The normalized spacial score (nSPS) is 11.1. The molecule has 0 spiro atoms. The molecule has 1 amide bonds. The van der Waals surface area contributed by atoms with Gasteiger partial charge in [0.15, 0.2) is 0 Å². The number of fused-ring (bicyclic) bond motifs is 1. The predicted molar refractivity (Wildman–Crippen MR) is 89.4 cm³/mol. The molecule has 0 atom stereocenters. The number of rotatable bonds is 5. The molecule has 0 aliphatic rings. The molecule has 2 aromatic heterocycles. The third-order valence-electron chi connectivity index (χ3n) is 3.96. The number of amides is 1. The van der Waals surface area contributed by atoms with E-state index in [1.165, 1.54) is 0 Å². The van der Waals surface area contributed by atoms with Gasteiger partial charge in [0, 0.05) is 25.7 Å². The van der Waals surface area contributed by atoms with Crippen LogP contribution in [0.25, 0.3) is 11.0 Å². The molecule has 0 bridgehead atoms. The van der Waals surface area contributed by atoms with E-state index in [0.717, 1.165) is 35.3 Å². The first-order valence-corrected chi connectivity index (χ1v) is 7.76. The minimum Gasteiger partial charge on any atom is -0.352 e. The number of nitrogens with one attached hydrogen (secondary N) is 1. The summed E-state index contributed by atoms with van der Waals surface area (Å²) in [6, 6.07) is 7.59. The summed E-state index contributed by atoms with van der Waals surface area (Å²) in [6.07, 6.45) is 2.66. The van der Waals surface area contributed by atoms with Crippen LogP contribution in [0, 0.1) is 13.8 Å². The number of benzene rings is 1. The fourth-order valence-corrected chi connectivity index (χ4v) is 2.72. The van der Waals surface area contributed by atoms with Crippen LogP contribution < -0.4 is 5.32 Å². The third-order valence-corrected chi connectivity index (χ3v) is 3.96. The highest BCUT2D eigenvalue weighted by Gasteiger charge is 2.11. The summed E-state index contributed by atoms with van der Waals surface area (Å²) in [5.74, 6) is -0.0341. The van der Waals surface area contributed by atoms with Crippen LogP contribution in [0.4, 0.5) is 0 Å². The molecule has 1 N–H and O–H groups in total. The molecule has 6 nitrogen and oxygen atoms in total. The summed E-state index contributed by atoms with van der Waals surface area (Å²) in [5.41, 5.74) is 4.92. The Labute approximate surface area is 135 Å². The van der Waals surface area contributed by atoms with E-state index in [4.69, 9.17) is 0 Å². The highest BCUT2D eigenvalue weighted by molar-refractivity contribution is 5.94. The zero-order chi connectivity index (χ0) is 16.4. The average molecular weight is 311 g/mol. The number of hydrogen-bond acceptors (Lipinski definition) is 3. The Morgan fingerprint density at radius 2 is 1.96 bits per heavy atom. The maximum Gasteiger partial charge on any atom is 0.251 e. The molecule has 0 aliphatic carbocycles. The van der Waals surface area contributed by atoms with Crippen molar-refractivity contribution in [3.63, 3.8) is 0 Å². The van der Waals surface area contributed by atoms with E-state index >= 15 is 0 Å². The minimum atomic E-state index is -0.0341. The van der Waals surface area contributed by atoms with Crippen molar-refractivity contribution < 1.29 is 4.79 Å². The molecule has 3 rings (SSSR count). The van der Waals surface area contributed by atoms with Gasteiger partial charge in [-0.05, 0) is 32.4 Å². The molecular formula is C17H21N5O. The second-order valence-electron chi connectivity index (χ2n) is 5.79. The number of aryl methyl sites for hydroxylation is 4. The summed E-state index contributed by atoms with van der Waals surface area (Å²) in [5, 5.41) is 11.8. The second kappa shape index (κ2) is 6.24. The van der Waals surface area contributed by atoms with Crippen LogP contribution in [0.5, 0.6) is 0 Å².